The van der Waals surface area contributed by atoms with Crippen molar-refractivity contribution in [2.24, 2.45) is 5.73 Å². The molecule has 1 fully saturated rings. The molecule has 1 aliphatic carbocycles. The smallest absolute Gasteiger partial charge is 0.119 e. The second-order valence-electron chi connectivity index (χ2n) is 5.67. The Labute approximate surface area is 135 Å². The van der Waals surface area contributed by atoms with Crippen LogP contribution in [0.3, 0.4) is 0 Å². The zero-order chi connectivity index (χ0) is 14.4. The van der Waals surface area contributed by atoms with E-state index in [-0.39, 0.29) is 3.42 Å². The van der Waals surface area contributed by atoms with Crippen molar-refractivity contribution in [3.63, 3.8) is 0 Å². The molecule has 1 aromatic carbocycles. The summed E-state index contributed by atoms with van der Waals surface area (Å²) in [5.41, 5.74) is 6.37. The average molecular weight is 389 g/mol. The summed E-state index contributed by atoms with van der Waals surface area (Å²) in [6.45, 7) is 1.24. The van der Waals surface area contributed by atoms with E-state index in [9.17, 15) is 5.11 Å². The summed E-state index contributed by atoms with van der Waals surface area (Å²) in [6, 6.07) is 7.75. The summed E-state index contributed by atoms with van der Waals surface area (Å²) < 4.78 is 6.25. The highest BCUT2D eigenvalue weighted by Gasteiger charge is 2.29. The van der Waals surface area contributed by atoms with Gasteiger partial charge in [0.25, 0.3) is 0 Å². The molecule has 0 aliphatic heterocycles. The predicted octanol–water partition coefficient (Wildman–Crippen LogP) is 3.59. The van der Waals surface area contributed by atoms with Crippen molar-refractivity contribution in [2.75, 3.05) is 13.2 Å². The molecule has 0 saturated heterocycles. The third kappa shape index (κ3) is 4.60. The topological polar surface area (TPSA) is 55.5 Å². The third-order valence-corrected chi connectivity index (χ3v) is 5.32. The van der Waals surface area contributed by atoms with Crippen LogP contribution in [0.2, 0.25) is 0 Å². The monoisotopic (exact) mass is 389 g/mol. The fraction of sp³-hybridized carbons (Fsp3) is 0.625. The van der Waals surface area contributed by atoms with Crippen LogP contribution in [0, 0.1) is 0 Å². The molecular weight excluding hydrogens is 365 g/mol. The van der Waals surface area contributed by atoms with Gasteiger partial charge >= 0.3 is 0 Å². The van der Waals surface area contributed by atoms with Crippen molar-refractivity contribution in [1.82, 2.24) is 0 Å². The van der Waals surface area contributed by atoms with Gasteiger partial charge in [0.1, 0.15) is 12.4 Å². The number of benzene rings is 1. The van der Waals surface area contributed by atoms with Crippen LogP contribution >= 0.6 is 22.6 Å². The van der Waals surface area contributed by atoms with E-state index in [4.69, 9.17) is 10.5 Å². The van der Waals surface area contributed by atoms with E-state index in [1.54, 1.807) is 0 Å². The molecule has 2 rings (SSSR count). The van der Waals surface area contributed by atoms with Crippen molar-refractivity contribution in [3.8, 4) is 5.75 Å². The molecular formula is C16H24INO2. The quantitative estimate of drug-likeness (QED) is 0.578. The van der Waals surface area contributed by atoms with Gasteiger partial charge in [0, 0.05) is 0 Å². The van der Waals surface area contributed by atoms with Gasteiger partial charge in [-0.25, -0.2) is 0 Å². The SMILES string of the molecule is NCCC(O)c1cccc(OCC2(I)CCCCC2)c1. The van der Waals surface area contributed by atoms with Crippen molar-refractivity contribution in [2.45, 2.75) is 48.1 Å². The summed E-state index contributed by atoms with van der Waals surface area (Å²) >= 11 is 2.56. The summed E-state index contributed by atoms with van der Waals surface area (Å²) in [5.74, 6) is 0.847. The summed E-state index contributed by atoms with van der Waals surface area (Å²) in [5, 5.41) is 9.98. The zero-order valence-corrected chi connectivity index (χ0v) is 14.0. The maximum atomic E-state index is 9.98. The zero-order valence-electron chi connectivity index (χ0n) is 11.9. The second-order valence-corrected chi connectivity index (χ2v) is 7.95. The van der Waals surface area contributed by atoms with E-state index >= 15 is 0 Å². The number of aliphatic hydroxyl groups is 1. The first-order valence-electron chi connectivity index (χ1n) is 7.43. The minimum Gasteiger partial charge on any atom is -0.492 e. The molecule has 4 heteroatoms. The number of hydrogen-bond acceptors (Lipinski definition) is 3. The van der Waals surface area contributed by atoms with Crippen LogP contribution < -0.4 is 10.5 Å². The molecule has 0 spiro atoms. The Morgan fingerprint density at radius 3 is 2.75 bits per heavy atom. The lowest BCUT2D eigenvalue weighted by atomic mass is 9.90. The molecule has 0 radical (unpaired) electrons. The van der Waals surface area contributed by atoms with E-state index in [1.807, 2.05) is 24.3 Å². The first-order valence-corrected chi connectivity index (χ1v) is 8.51. The van der Waals surface area contributed by atoms with Crippen LogP contribution in [0.15, 0.2) is 24.3 Å². The first kappa shape index (κ1) is 16.0. The highest BCUT2D eigenvalue weighted by molar-refractivity contribution is 14.1. The van der Waals surface area contributed by atoms with E-state index in [2.05, 4.69) is 22.6 Å². The van der Waals surface area contributed by atoms with Crippen LogP contribution in [0.4, 0.5) is 0 Å². The lowest BCUT2D eigenvalue weighted by molar-refractivity contribution is 0.169. The Morgan fingerprint density at radius 1 is 1.30 bits per heavy atom. The minimum absolute atomic E-state index is 0.280. The van der Waals surface area contributed by atoms with Crippen LogP contribution in [-0.2, 0) is 0 Å². The van der Waals surface area contributed by atoms with Gasteiger partial charge in [-0.15, -0.1) is 0 Å². The fourth-order valence-electron chi connectivity index (χ4n) is 2.68. The number of hydrogen-bond donors (Lipinski definition) is 2. The highest BCUT2D eigenvalue weighted by Crippen LogP contribution is 2.37. The highest BCUT2D eigenvalue weighted by atomic mass is 127. The van der Waals surface area contributed by atoms with E-state index in [0.717, 1.165) is 17.9 Å². The summed E-state index contributed by atoms with van der Waals surface area (Å²) in [7, 11) is 0. The maximum absolute atomic E-state index is 9.98. The molecule has 1 unspecified atom stereocenters. The van der Waals surface area contributed by atoms with Crippen LogP contribution in [0.5, 0.6) is 5.75 Å². The molecule has 3 N–H and O–H groups in total. The third-order valence-electron chi connectivity index (χ3n) is 3.93. The number of ether oxygens (including phenoxy) is 1. The molecule has 20 heavy (non-hydrogen) atoms. The maximum Gasteiger partial charge on any atom is 0.119 e. The van der Waals surface area contributed by atoms with Gasteiger partial charge in [0.2, 0.25) is 0 Å². The van der Waals surface area contributed by atoms with Gasteiger partial charge in [-0.1, -0.05) is 54.0 Å². The Morgan fingerprint density at radius 2 is 2.05 bits per heavy atom. The number of nitrogens with two attached hydrogens (primary N) is 1. The minimum atomic E-state index is -0.494. The Hall–Kier alpha value is -0.330. The Bertz CT molecular complexity index is 419. The number of halogens is 1. The van der Waals surface area contributed by atoms with E-state index < -0.39 is 6.10 Å². The largest absolute Gasteiger partial charge is 0.492 e. The van der Waals surface area contributed by atoms with Gasteiger partial charge in [-0.05, 0) is 43.5 Å². The molecule has 112 valence electrons. The molecule has 3 nitrogen and oxygen atoms in total. The number of alkyl halides is 1. The molecule has 0 heterocycles. The predicted molar refractivity (Wildman–Crippen MR) is 90.4 cm³/mol. The molecule has 1 aromatic rings. The van der Waals surface area contributed by atoms with Crippen molar-refractivity contribution in [3.05, 3.63) is 29.8 Å². The van der Waals surface area contributed by atoms with Gasteiger partial charge in [0.05, 0.1) is 9.53 Å². The van der Waals surface area contributed by atoms with E-state index in [1.165, 1.54) is 32.1 Å². The molecule has 1 saturated carbocycles. The molecule has 1 atom stereocenters. The first-order chi connectivity index (χ1) is 9.63. The summed E-state index contributed by atoms with van der Waals surface area (Å²) in [6.07, 6.45) is 6.53. The van der Waals surface area contributed by atoms with Crippen molar-refractivity contribution in [1.29, 1.82) is 0 Å². The van der Waals surface area contributed by atoms with Gasteiger partial charge in [-0.3, -0.25) is 0 Å². The van der Waals surface area contributed by atoms with E-state index in [0.29, 0.717) is 13.0 Å². The molecule has 0 bridgehead atoms. The lowest BCUT2D eigenvalue weighted by Crippen LogP contribution is -2.31. The average Bonchev–Trinajstić information content (AvgIpc) is 2.47. The Kier molecular flexibility index (Phi) is 6.11. The number of rotatable bonds is 6. The fourth-order valence-corrected chi connectivity index (χ4v) is 3.60. The molecule has 0 aromatic heterocycles. The molecule has 1 aliphatic rings. The van der Waals surface area contributed by atoms with Crippen molar-refractivity contribution < 1.29 is 9.84 Å². The standard InChI is InChI=1S/C16H24INO2/c17-16(8-2-1-3-9-16)12-20-14-6-4-5-13(11-14)15(19)7-10-18/h4-6,11,15,19H,1-3,7-10,12,18H2. The van der Waals surface area contributed by atoms with Crippen LogP contribution in [-0.4, -0.2) is 21.7 Å². The van der Waals surface area contributed by atoms with Gasteiger partial charge in [0.15, 0.2) is 0 Å². The summed E-state index contributed by atoms with van der Waals surface area (Å²) in [4.78, 5) is 0. The lowest BCUT2D eigenvalue weighted by Gasteiger charge is -2.31. The van der Waals surface area contributed by atoms with Gasteiger partial charge in [-0.2, -0.15) is 0 Å². The normalized spacial score (nSPS) is 19.6. The van der Waals surface area contributed by atoms with Gasteiger partial charge < -0.3 is 15.6 Å². The second kappa shape index (κ2) is 7.61. The van der Waals surface area contributed by atoms with Crippen LogP contribution in [0.1, 0.15) is 50.2 Å². The Balaban J connectivity index is 1.94. The molecule has 0 amide bonds. The van der Waals surface area contributed by atoms with Crippen LogP contribution in [0.25, 0.3) is 0 Å². The number of aliphatic hydroxyl groups excluding tert-OH is 1. The van der Waals surface area contributed by atoms with Crippen molar-refractivity contribution >= 4 is 22.6 Å².